The van der Waals surface area contributed by atoms with Crippen molar-refractivity contribution in [2.75, 3.05) is 0 Å². The van der Waals surface area contributed by atoms with E-state index in [0.29, 0.717) is 36.8 Å². The van der Waals surface area contributed by atoms with Gasteiger partial charge in [-0.2, -0.15) is 0 Å². The van der Waals surface area contributed by atoms with Crippen molar-refractivity contribution in [2.45, 2.75) is 32.7 Å². The van der Waals surface area contributed by atoms with Crippen molar-refractivity contribution < 1.29 is 14.6 Å². The highest BCUT2D eigenvalue weighted by atomic mass is 35.5. The molecule has 8 heteroatoms. The van der Waals surface area contributed by atoms with Gasteiger partial charge in [0.15, 0.2) is 0 Å². The summed E-state index contributed by atoms with van der Waals surface area (Å²) < 4.78 is 7.27. The first-order valence-corrected chi connectivity index (χ1v) is 9.88. The van der Waals surface area contributed by atoms with Crippen molar-refractivity contribution in [2.24, 2.45) is 0 Å². The first kappa shape index (κ1) is 20.0. The molecule has 1 aliphatic heterocycles. The number of fused-ring (bicyclic) bond motifs is 1. The highest BCUT2D eigenvalue weighted by Gasteiger charge is 2.22. The van der Waals surface area contributed by atoms with Crippen LogP contribution in [0.3, 0.4) is 0 Å². The second-order valence-electron chi connectivity index (χ2n) is 7.14. The minimum absolute atomic E-state index is 0.144. The predicted octanol–water partition coefficient (Wildman–Crippen LogP) is 3.71. The first-order valence-electron chi connectivity index (χ1n) is 9.50. The molecule has 0 spiro atoms. The van der Waals surface area contributed by atoms with Crippen LogP contribution in [0.15, 0.2) is 59.7 Å². The van der Waals surface area contributed by atoms with Crippen LogP contribution in [0, 0.1) is 0 Å². The predicted molar refractivity (Wildman–Crippen MR) is 112 cm³/mol. The van der Waals surface area contributed by atoms with E-state index in [2.05, 4.69) is 4.98 Å². The second kappa shape index (κ2) is 8.59. The third kappa shape index (κ3) is 4.63. The highest BCUT2D eigenvalue weighted by Crippen LogP contribution is 2.24. The summed E-state index contributed by atoms with van der Waals surface area (Å²) in [5, 5.41) is 9.70. The molecule has 2 aromatic heterocycles. The molecular formula is C22H20ClN3O4. The molecule has 4 rings (SSSR count). The van der Waals surface area contributed by atoms with E-state index in [1.807, 2.05) is 18.2 Å². The number of hydrogen-bond donors (Lipinski definition) is 1. The third-order valence-electron chi connectivity index (χ3n) is 5.05. The average Bonchev–Trinajstić information content (AvgIpc) is 3.16. The Labute approximate surface area is 178 Å². The number of carbonyl (C=O) groups is 1. The number of aromatic nitrogens is 2. The molecule has 0 bridgehead atoms. The molecule has 3 aromatic rings. The molecule has 0 radical (unpaired) electrons. The molecular weight excluding hydrogens is 406 g/mol. The zero-order valence-electron chi connectivity index (χ0n) is 16.1. The standard InChI is InChI=1S/C22H20ClN3O4/c23-18-3-4-19(24-11-18)14-30-20-6-8-25(21(27)10-20)7-5-15-1-2-16-12-26(22(28)29)13-17(16)9-15/h1-4,6,8-11H,5,7,12-14H2,(H,28,29). The van der Waals surface area contributed by atoms with Crippen LogP contribution in [-0.4, -0.2) is 25.7 Å². The van der Waals surface area contributed by atoms with Gasteiger partial charge in [-0.1, -0.05) is 29.8 Å². The SMILES string of the molecule is O=C(O)N1Cc2ccc(CCn3ccc(OCc4ccc(Cl)cn4)cc3=O)cc2C1. The number of carboxylic acid groups (broad SMARTS) is 1. The maximum Gasteiger partial charge on any atom is 0.407 e. The molecule has 1 aliphatic rings. The molecule has 0 aliphatic carbocycles. The zero-order valence-corrected chi connectivity index (χ0v) is 16.9. The molecule has 1 amide bonds. The van der Waals surface area contributed by atoms with Gasteiger partial charge >= 0.3 is 6.09 Å². The summed E-state index contributed by atoms with van der Waals surface area (Å²) in [5.74, 6) is 0.485. The van der Waals surface area contributed by atoms with Gasteiger partial charge in [0.05, 0.1) is 10.7 Å². The fraction of sp³-hybridized carbons (Fsp3) is 0.227. The Hall–Kier alpha value is -3.32. The number of benzene rings is 1. The number of hydrogen-bond acceptors (Lipinski definition) is 4. The Morgan fingerprint density at radius 3 is 2.70 bits per heavy atom. The van der Waals surface area contributed by atoms with E-state index in [1.165, 1.54) is 11.0 Å². The Morgan fingerprint density at radius 2 is 1.97 bits per heavy atom. The van der Waals surface area contributed by atoms with Gasteiger partial charge in [-0.25, -0.2) is 4.79 Å². The quantitative estimate of drug-likeness (QED) is 0.650. The van der Waals surface area contributed by atoms with E-state index in [0.717, 1.165) is 22.4 Å². The fourth-order valence-electron chi connectivity index (χ4n) is 3.40. The summed E-state index contributed by atoms with van der Waals surface area (Å²) in [6, 6.07) is 12.7. The molecule has 0 saturated carbocycles. The minimum Gasteiger partial charge on any atom is -0.487 e. The molecule has 1 aromatic carbocycles. The van der Waals surface area contributed by atoms with Crippen molar-refractivity contribution in [1.82, 2.24) is 14.5 Å². The lowest BCUT2D eigenvalue weighted by Crippen LogP contribution is -2.22. The largest absolute Gasteiger partial charge is 0.487 e. The molecule has 7 nitrogen and oxygen atoms in total. The van der Waals surface area contributed by atoms with Crippen LogP contribution in [0.4, 0.5) is 4.79 Å². The Morgan fingerprint density at radius 1 is 1.13 bits per heavy atom. The number of pyridine rings is 2. The van der Waals surface area contributed by atoms with Gasteiger partial charge in [0.25, 0.3) is 5.56 Å². The van der Waals surface area contributed by atoms with Gasteiger partial charge in [-0.15, -0.1) is 0 Å². The Bertz CT molecular complexity index is 1130. The summed E-state index contributed by atoms with van der Waals surface area (Å²) in [6.07, 6.45) is 3.03. The van der Waals surface area contributed by atoms with Crippen molar-refractivity contribution in [1.29, 1.82) is 0 Å². The van der Waals surface area contributed by atoms with Gasteiger partial charge in [0.2, 0.25) is 0 Å². The molecule has 0 saturated heterocycles. The van der Waals surface area contributed by atoms with Gasteiger partial charge < -0.3 is 14.4 Å². The molecule has 0 atom stereocenters. The van der Waals surface area contributed by atoms with Gasteiger partial charge in [-0.3, -0.25) is 14.7 Å². The van der Waals surface area contributed by atoms with E-state index >= 15 is 0 Å². The van der Waals surface area contributed by atoms with Crippen molar-refractivity contribution in [3.63, 3.8) is 0 Å². The van der Waals surface area contributed by atoms with Gasteiger partial charge in [-0.05, 0) is 41.3 Å². The molecule has 1 N–H and O–H groups in total. The van der Waals surface area contributed by atoms with Crippen molar-refractivity contribution in [3.8, 4) is 5.75 Å². The van der Waals surface area contributed by atoms with Crippen LogP contribution in [0.1, 0.15) is 22.4 Å². The smallest absolute Gasteiger partial charge is 0.407 e. The van der Waals surface area contributed by atoms with Crippen molar-refractivity contribution in [3.05, 3.63) is 92.6 Å². The van der Waals surface area contributed by atoms with E-state index in [-0.39, 0.29) is 12.2 Å². The normalized spacial score (nSPS) is 12.6. The lowest BCUT2D eigenvalue weighted by atomic mass is 10.0. The molecule has 3 heterocycles. The lowest BCUT2D eigenvalue weighted by molar-refractivity contribution is 0.145. The van der Waals surface area contributed by atoms with E-state index < -0.39 is 6.09 Å². The number of rotatable bonds is 6. The molecule has 30 heavy (non-hydrogen) atoms. The van der Waals surface area contributed by atoms with Gasteiger partial charge in [0.1, 0.15) is 12.4 Å². The zero-order chi connectivity index (χ0) is 21.1. The first-order chi connectivity index (χ1) is 14.5. The van der Waals surface area contributed by atoms with Crippen LogP contribution in [0.25, 0.3) is 0 Å². The maximum atomic E-state index is 12.4. The van der Waals surface area contributed by atoms with Crippen LogP contribution >= 0.6 is 11.6 Å². The fourth-order valence-corrected chi connectivity index (χ4v) is 3.51. The number of amides is 1. The lowest BCUT2D eigenvalue weighted by Gasteiger charge is -2.10. The number of ether oxygens (including phenoxy) is 1. The Balaban J connectivity index is 1.35. The van der Waals surface area contributed by atoms with E-state index in [1.54, 1.807) is 35.2 Å². The molecule has 154 valence electrons. The topological polar surface area (TPSA) is 84.7 Å². The summed E-state index contributed by atoms with van der Waals surface area (Å²) in [7, 11) is 0. The molecule has 0 unspecified atom stereocenters. The number of halogens is 1. The Kier molecular flexibility index (Phi) is 5.72. The van der Waals surface area contributed by atoms with Crippen molar-refractivity contribution >= 4 is 17.7 Å². The van der Waals surface area contributed by atoms with Crippen LogP contribution < -0.4 is 10.3 Å². The summed E-state index contributed by atoms with van der Waals surface area (Å²) in [5.41, 5.74) is 3.72. The average molecular weight is 426 g/mol. The van der Waals surface area contributed by atoms with Crippen LogP contribution in [-0.2, 0) is 32.7 Å². The van der Waals surface area contributed by atoms with E-state index in [4.69, 9.17) is 21.4 Å². The second-order valence-corrected chi connectivity index (χ2v) is 7.58. The number of nitrogens with zero attached hydrogens (tertiary/aromatic N) is 3. The summed E-state index contributed by atoms with van der Waals surface area (Å²) in [6.45, 7) is 1.62. The number of aryl methyl sites for hydroxylation is 2. The summed E-state index contributed by atoms with van der Waals surface area (Å²) >= 11 is 5.81. The van der Waals surface area contributed by atoms with Crippen LogP contribution in [0.2, 0.25) is 5.02 Å². The van der Waals surface area contributed by atoms with Crippen LogP contribution in [0.5, 0.6) is 5.75 Å². The molecule has 0 fully saturated rings. The highest BCUT2D eigenvalue weighted by molar-refractivity contribution is 6.30. The summed E-state index contributed by atoms with van der Waals surface area (Å²) in [4.78, 5) is 29.1. The van der Waals surface area contributed by atoms with E-state index in [9.17, 15) is 9.59 Å². The minimum atomic E-state index is -0.909. The third-order valence-corrected chi connectivity index (χ3v) is 5.27. The maximum absolute atomic E-state index is 12.4. The monoisotopic (exact) mass is 425 g/mol. The van der Waals surface area contributed by atoms with Gasteiger partial charge in [0, 0.05) is 38.1 Å².